The first-order valence-corrected chi connectivity index (χ1v) is 8.26. The predicted octanol–water partition coefficient (Wildman–Crippen LogP) is 3.75. The van der Waals surface area contributed by atoms with Gasteiger partial charge in [0.05, 0.1) is 4.92 Å². The van der Waals surface area contributed by atoms with Gasteiger partial charge in [-0.2, -0.15) is 5.10 Å². The third kappa shape index (κ3) is 4.23. The van der Waals surface area contributed by atoms with Gasteiger partial charge in [-0.05, 0) is 52.2 Å². The predicted molar refractivity (Wildman–Crippen MR) is 96.9 cm³/mol. The van der Waals surface area contributed by atoms with Crippen LogP contribution in [0.4, 0.5) is 11.4 Å². The summed E-state index contributed by atoms with van der Waals surface area (Å²) in [6, 6.07) is 4.08. The molecule has 0 atom stereocenters. The summed E-state index contributed by atoms with van der Waals surface area (Å²) >= 11 is 0. The molecule has 2 rings (SSSR count). The third-order valence-corrected chi connectivity index (χ3v) is 4.24. The van der Waals surface area contributed by atoms with Crippen LogP contribution in [0, 0.1) is 44.7 Å². The molecule has 2 aromatic rings. The largest absolute Gasteiger partial charge is 0.326 e. The molecular formula is C18H24N4O3. The quantitative estimate of drug-likeness (QED) is 0.638. The lowest BCUT2D eigenvalue weighted by Gasteiger charge is -2.13. The topological polar surface area (TPSA) is 90.1 Å². The molecule has 1 heterocycles. The average molecular weight is 344 g/mol. The molecule has 0 aliphatic carbocycles. The summed E-state index contributed by atoms with van der Waals surface area (Å²) in [7, 11) is 0. The molecule has 0 saturated carbocycles. The van der Waals surface area contributed by atoms with E-state index in [2.05, 4.69) is 10.4 Å². The second-order valence-corrected chi connectivity index (χ2v) is 6.43. The normalized spacial score (nSPS) is 10.8. The fraction of sp³-hybridized carbons (Fsp3) is 0.444. The zero-order valence-corrected chi connectivity index (χ0v) is 15.3. The highest BCUT2D eigenvalue weighted by Gasteiger charge is 2.21. The summed E-state index contributed by atoms with van der Waals surface area (Å²) in [5.41, 5.74) is 5.08. The van der Waals surface area contributed by atoms with Crippen LogP contribution in [0.25, 0.3) is 0 Å². The number of carbonyl (C=O) groups excluding carboxylic acids is 1. The molecule has 1 aromatic heterocycles. The molecule has 0 aliphatic heterocycles. The summed E-state index contributed by atoms with van der Waals surface area (Å²) in [6.45, 7) is 9.75. The van der Waals surface area contributed by atoms with Crippen LogP contribution in [0.15, 0.2) is 12.1 Å². The zero-order valence-electron chi connectivity index (χ0n) is 15.3. The summed E-state index contributed by atoms with van der Waals surface area (Å²) in [6.07, 6.45) is 0.897. The lowest BCUT2D eigenvalue weighted by atomic mass is 10.0. The van der Waals surface area contributed by atoms with E-state index in [0.29, 0.717) is 30.8 Å². The minimum absolute atomic E-state index is 0.0513. The second kappa shape index (κ2) is 7.46. The summed E-state index contributed by atoms with van der Waals surface area (Å²) in [5, 5.41) is 18.2. The molecule has 0 fully saturated rings. The summed E-state index contributed by atoms with van der Waals surface area (Å²) < 4.78 is 1.60. The smallest absolute Gasteiger partial charge is 0.312 e. The minimum Gasteiger partial charge on any atom is -0.326 e. The molecule has 1 amide bonds. The molecular weight excluding hydrogens is 320 g/mol. The van der Waals surface area contributed by atoms with E-state index in [4.69, 9.17) is 0 Å². The van der Waals surface area contributed by atoms with E-state index in [1.54, 1.807) is 18.5 Å². The van der Waals surface area contributed by atoms with E-state index in [1.165, 1.54) is 5.56 Å². The number of amides is 1. The van der Waals surface area contributed by atoms with Crippen LogP contribution < -0.4 is 5.32 Å². The van der Waals surface area contributed by atoms with Gasteiger partial charge in [0.25, 0.3) is 0 Å². The molecule has 0 bridgehead atoms. The van der Waals surface area contributed by atoms with E-state index >= 15 is 0 Å². The van der Waals surface area contributed by atoms with Crippen molar-refractivity contribution >= 4 is 17.3 Å². The molecule has 0 saturated heterocycles. The number of aromatic nitrogens is 2. The lowest BCUT2D eigenvalue weighted by Crippen LogP contribution is -2.15. The monoisotopic (exact) mass is 344 g/mol. The molecule has 7 nitrogen and oxygen atoms in total. The van der Waals surface area contributed by atoms with Crippen LogP contribution in [0.1, 0.15) is 40.9 Å². The Hall–Kier alpha value is -2.70. The van der Waals surface area contributed by atoms with Gasteiger partial charge in [-0.15, -0.1) is 0 Å². The van der Waals surface area contributed by atoms with Gasteiger partial charge >= 0.3 is 5.69 Å². The molecule has 7 heteroatoms. The number of benzene rings is 1. The first-order valence-electron chi connectivity index (χ1n) is 8.26. The van der Waals surface area contributed by atoms with E-state index in [9.17, 15) is 14.9 Å². The number of nitro groups is 1. The Labute approximate surface area is 147 Å². The number of nitrogens with zero attached hydrogens (tertiary/aromatic N) is 3. The van der Waals surface area contributed by atoms with Gasteiger partial charge in [0, 0.05) is 18.7 Å². The molecule has 0 aliphatic rings. The molecule has 25 heavy (non-hydrogen) atoms. The maximum Gasteiger partial charge on any atom is 0.312 e. The van der Waals surface area contributed by atoms with Crippen molar-refractivity contribution in [3.05, 3.63) is 50.3 Å². The number of aryl methyl sites for hydroxylation is 5. The molecule has 0 unspecified atom stereocenters. The van der Waals surface area contributed by atoms with Gasteiger partial charge in [-0.1, -0.05) is 17.7 Å². The van der Waals surface area contributed by atoms with Crippen molar-refractivity contribution < 1.29 is 9.72 Å². The summed E-state index contributed by atoms with van der Waals surface area (Å²) in [5.74, 6) is -0.0638. The summed E-state index contributed by atoms with van der Waals surface area (Å²) in [4.78, 5) is 22.8. The zero-order chi connectivity index (χ0) is 18.7. The Bertz CT molecular complexity index is 801. The Kier molecular flexibility index (Phi) is 5.56. The van der Waals surface area contributed by atoms with E-state index in [-0.39, 0.29) is 11.6 Å². The van der Waals surface area contributed by atoms with Crippen molar-refractivity contribution in [2.45, 2.75) is 54.0 Å². The molecule has 1 aromatic carbocycles. The average Bonchev–Trinajstić information content (AvgIpc) is 2.77. The van der Waals surface area contributed by atoms with Crippen molar-refractivity contribution in [3.63, 3.8) is 0 Å². The lowest BCUT2D eigenvalue weighted by molar-refractivity contribution is -0.386. The van der Waals surface area contributed by atoms with Crippen molar-refractivity contribution in [2.24, 2.45) is 0 Å². The Morgan fingerprint density at radius 2 is 1.80 bits per heavy atom. The van der Waals surface area contributed by atoms with Gasteiger partial charge in [-0.3, -0.25) is 19.6 Å². The molecule has 0 spiro atoms. The molecule has 0 radical (unpaired) electrons. The first-order chi connectivity index (χ1) is 11.7. The van der Waals surface area contributed by atoms with Gasteiger partial charge in [0.15, 0.2) is 0 Å². The minimum atomic E-state index is -0.413. The Balaban J connectivity index is 1.96. The van der Waals surface area contributed by atoms with Crippen LogP contribution >= 0.6 is 0 Å². The van der Waals surface area contributed by atoms with Crippen molar-refractivity contribution in [1.82, 2.24) is 9.78 Å². The van der Waals surface area contributed by atoms with Gasteiger partial charge in [-0.25, -0.2) is 0 Å². The number of carbonyl (C=O) groups is 1. The molecule has 134 valence electrons. The van der Waals surface area contributed by atoms with E-state index in [0.717, 1.165) is 16.8 Å². The van der Waals surface area contributed by atoms with E-state index in [1.807, 2.05) is 32.9 Å². The number of anilines is 1. The van der Waals surface area contributed by atoms with Crippen molar-refractivity contribution in [3.8, 4) is 0 Å². The SMILES string of the molecule is Cc1cc(C)c(NC(=O)CCCn2nc(C)c([N+](=O)[O-])c2C)c(C)c1. The second-order valence-electron chi connectivity index (χ2n) is 6.43. The first kappa shape index (κ1) is 18.6. The van der Waals surface area contributed by atoms with E-state index < -0.39 is 4.92 Å². The van der Waals surface area contributed by atoms with Crippen LogP contribution in [0.5, 0.6) is 0 Å². The van der Waals surface area contributed by atoms with Crippen LogP contribution in [0.2, 0.25) is 0 Å². The third-order valence-electron chi connectivity index (χ3n) is 4.24. The van der Waals surface area contributed by atoms with Gasteiger partial charge in [0.2, 0.25) is 5.91 Å². The van der Waals surface area contributed by atoms with Gasteiger partial charge in [0.1, 0.15) is 11.4 Å². The molecule has 1 N–H and O–H groups in total. The highest BCUT2D eigenvalue weighted by Crippen LogP contribution is 2.23. The Morgan fingerprint density at radius 3 is 2.32 bits per heavy atom. The maximum absolute atomic E-state index is 12.2. The van der Waals surface area contributed by atoms with Crippen molar-refractivity contribution in [1.29, 1.82) is 0 Å². The fourth-order valence-corrected chi connectivity index (χ4v) is 3.14. The van der Waals surface area contributed by atoms with Crippen LogP contribution in [0.3, 0.4) is 0 Å². The van der Waals surface area contributed by atoms with Crippen LogP contribution in [-0.2, 0) is 11.3 Å². The maximum atomic E-state index is 12.2. The van der Waals surface area contributed by atoms with Crippen LogP contribution in [-0.4, -0.2) is 20.6 Å². The number of hydrogen-bond donors (Lipinski definition) is 1. The fourth-order valence-electron chi connectivity index (χ4n) is 3.14. The highest BCUT2D eigenvalue weighted by molar-refractivity contribution is 5.92. The standard InChI is InChI=1S/C18H24N4O3/c1-11-9-12(2)17(13(3)10-11)19-16(23)7-6-8-21-15(5)18(22(24)25)14(4)20-21/h9-10H,6-8H2,1-5H3,(H,19,23). The van der Waals surface area contributed by atoms with Crippen molar-refractivity contribution in [2.75, 3.05) is 5.32 Å². The Morgan fingerprint density at radius 1 is 1.20 bits per heavy atom. The number of nitrogens with one attached hydrogen (secondary N) is 1. The number of rotatable bonds is 6. The highest BCUT2D eigenvalue weighted by atomic mass is 16.6. The number of hydrogen-bond acceptors (Lipinski definition) is 4. The van der Waals surface area contributed by atoms with Gasteiger partial charge < -0.3 is 5.32 Å².